The van der Waals surface area contributed by atoms with Gasteiger partial charge in [0.1, 0.15) is 5.75 Å². The van der Waals surface area contributed by atoms with Crippen LogP contribution in [0.1, 0.15) is 12.5 Å². The van der Waals surface area contributed by atoms with Crippen LogP contribution in [-0.4, -0.2) is 33.5 Å². The number of carbonyl (C=O) groups excluding carboxylic acids is 1. The lowest BCUT2D eigenvalue weighted by Gasteiger charge is -2.14. The van der Waals surface area contributed by atoms with Crippen molar-refractivity contribution in [2.24, 2.45) is 0 Å². The van der Waals surface area contributed by atoms with Gasteiger partial charge in [-0.3, -0.25) is 4.79 Å². The topological polar surface area (TPSA) is 69.0 Å². The Morgan fingerprint density at radius 3 is 2.65 bits per heavy atom. The highest BCUT2D eigenvalue weighted by atomic mass is 35.5. The molecule has 0 atom stereocenters. The van der Waals surface area contributed by atoms with Gasteiger partial charge in [0.15, 0.2) is 11.0 Å². The number of amides is 1. The first-order valence-corrected chi connectivity index (χ1v) is 10.5. The van der Waals surface area contributed by atoms with E-state index in [9.17, 15) is 18.0 Å². The van der Waals surface area contributed by atoms with Gasteiger partial charge in [0.25, 0.3) is 0 Å². The number of carbonyl (C=O) groups is 1. The van der Waals surface area contributed by atoms with Crippen LogP contribution >= 0.6 is 23.4 Å². The zero-order valence-corrected chi connectivity index (χ0v) is 18.1. The normalized spacial score (nSPS) is 11.4. The maximum Gasteiger partial charge on any atom is 0.418 e. The molecule has 0 saturated heterocycles. The summed E-state index contributed by atoms with van der Waals surface area (Å²) in [5.41, 5.74) is -0.616. The first-order chi connectivity index (χ1) is 14.7. The summed E-state index contributed by atoms with van der Waals surface area (Å²) < 4.78 is 46.8. The number of methoxy groups -OCH3 is 1. The minimum absolute atomic E-state index is 0.0698. The molecule has 0 aliphatic heterocycles. The maximum absolute atomic E-state index is 13.2. The number of hydrogen-bond donors (Lipinski definition) is 1. The lowest BCUT2D eigenvalue weighted by atomic mass is 10.1. The Morgan fingerprint density at radius 1 is 1.23 bits per heavy atom. The van der Waals surface area contributed by atoms with E-state index in [1.54, 1.807) is 17.7 Å². The largest absolute Gasteiger partial charge is 0.496 e. The lowest BCUT2D eigenvalue weighted by Crippen LogP contribution is -2.18. The molecule has 2 aromatic carbocycles. The number of ether oxygens (including phenoxy) is 1. The van der Waals surface area contributed by atoms with E-state index in [4.69, 9.17) is 16.3 Å². The predicted octanol–water partition coefficient (Wildman–Crippen LogP) is 5.38. The Kier molecular flexibility index (Phi) is 7.11. The van der Waals surface area contributed by atoms with Crippen molar-refractivity contribution < 1.29 is 22.7 Å². The number of nitrogens with zero attached hydrogens (tertiary/aromatic N) is 3. The summed E-state index contributed by atoms with van der Waals surface area (Å²) in [5.74, 6) is 0.438. The van der Waals surface area contributed by atoms with E-state index in [0.29, 0.717) is 23.3 Å². The smallest absolute Gasteiger partial charge is 0.418 e. The fraction of sp³-hybridized carbons (Fsp3) is 0.250. The van der Waals surface area contributed by atoms with Crippen LogP contribution in [0.2, 0.25) is 5.02 Å². The van der Waals surface area contributed by atoms with Crippen LogP contribution in [0.25, 0.3) is 11.4 Å². The van der Waals surface area contributed by atoms with E-state index in [2.05, 4.69) is 15.5 Å². The summed E-state index contributed by atoms with van der Waals surface area (Å²) in [6.07, 6.45) is -4.65. The van der Waals surface area contributed by atoms with Crippen molar-refractivity contribution in [2.45, 2.75) is 24.8 Å². The highest BCUT2D eigenvalue weighted by molar-refractivity contribution is 7.99. The Morgan fingerprint density at radius 2 is 1.97 bits per heavy atom. The highest BCUT2D eigenvalue weighted by Gasteiger charge is 2.34. The Labute approximate surface area is 185 Å². The van der Waals surface area contributed by atoms with E-state index in [1.807, 2.05) is 25.1 Å². The number of halogens is 4. The summed E-state index contributed by atoms with van der Waals surface area (Å²) in [6.45, 7) is 2.43. The molecule has 0 radical (unpaired) electrons. The van der Waals surface area contributed by atoms with Gasteiger partial charge in [0.2, 0.25) is 5.91 Å². The van der Waals surface area contributed by atoms with Crippen LogP contribution in [0.5, 0.6) is 5.75 Å². The quantitative estimate of drug-likeness (QED) is 0.470. The van der Waals surface area contributed by atoms with Crippen LogP contribution in [0, 0.1) is 0 Å². The van der Waals surface area contributed by atoms with Crippen LogP contribution in [-0.2, 0) is 17.5 Å². The Hall–Kier alpha value is -2.72. The number of rotatable bonds is 7. The zero-order chi connectivity index (χ0) is 22.6. The third-order valence-corrected chi connectivity index (χ3v) is 5.48. The summed E-state index contributed by atoms with van der Waals surface area (Å²) in [7, 11) is 1.55. The minimum atomic E-state index is -4.65. The van der Waals surface area contributed by atoms with Crippen LogP contribution in [0.15, 0.2) is 47.6 Å². The van der Waals surface area contributed by atoms with Gasteiger partial charge in [-0.2, -0.15) is 13.2 Å². The van der Waals surface area contributed by atoms with Crippen molar-refractivity contribution in [3.05, 3.63) is 53.1 Å². The van der Waals surface area contributed by atoms with Crippen LogP contribution in [0.4, 0.5) is 18.9 Å². The Balaban J connectivity index is 1.76. The standard InChI is InChI=1S/C20H18ClF3N4O2S/c1-3-28-18(13-6-4-5-7-16(13)30-2)26-27-19(28)31-11-17(29)25-15-9-8-12(21)10-14(15)20(22,23)24/h4-10H,3,11H2,1-2H3,(H,25,29). The number of nitrogens with one attached hydrogen (secondary N) is 1. The molecule has 6 nitrogen and oxygen atoms in total. The summed E-state index contributed by atoms with van der Waals surface area (Å²) in [5, 5.41) is 11.0. The van der Waals surface area contributed by atoms with Gasteiger partial charge in [-0.1, -0.05) is 35.5 Å². The van der Waals surface area contributed by atoms with Crippen molar-refractivity contribution in [2.75, 3.05) is 18.2 Å². The fourth-order valence-electron chi connectivity index (χ4n) is 2.89. The van der Waals surface area contributed by atoms with Gasteiger partial charge >= 0.3 is 6.18 Å². The molecule has 0 saturated carbocycles. The van der Waals surface area contributed by atoms with Gasteiger partial charge in [-0.05, 0) is 37.3 Å². The average Bonchev–Trinajstić information content (AvgIpc) is 3.15. The van der Waals surface area contributed by atoms with Crippen molar-refractivity contribution in [1.82, 2.24) is 14.8 Å². The molecular weight excluding hydrogens is 453 g/mol. The number of hydrogen-bond acceptors (Lipinski definition) is 5. The zero-order valence-electron chi connectivity index (χ0n) is 16.5. The molecule has 11 heteroatoms. The molecule has 0 aliphatic rings. The summed E-state index contributed by atoms with van der Waals surface area (Å²) >= 11 is 6.74. The second-order valence-electron chi connectivity index (χ2n) is 6.28. The maximum atomic E-state index is 13.2. The van der Waals surface area contributed by atoms with Crippen molar-refractivity contribution in [3.8, 4) is 17.1 Å². The molecule has 3 aromatic rings. The molecule has 0 spiro atoms. The molecule has 1 aromatic heterocycles. The molecule has 0 bridgehead atoms. The first-order valence-electron chi connectivity index (χ1n) is 9.10. The third-order valence-electron chi connectivity index (χ3n) is 4.27. The van der Waals surface area contributed by atoms with Crippen molar-refractivity contribution in [3.63, 3.8) is 0 Å². The molecule has 1 amide bonds. The third kappa shape index (κ3) is 5.31. The molecule has 31 heavy (non-hydrogen) atoms. The lowest BCUT2D eigenvalue weighted by molar-refractivity contribution is -0.137. The SMILES string of the molecule is CCn1c(SCC(=O)Nc2ccc(Cl)cc2C(F)(F)F)nnc1-c1ccccc1OC. The number of alkyl halides is 3. The van der Waals surface area contributed by atoms with E-state index < -0.39 is 17.6 Å². The van der Waals surface area contributed by atoms with Crippen LogP contribution < -0.4 is 10.1 Å². The van der Waals surface area contributed by atoms with Gasteiger partial charge in [-0.25, -0.2) is 0 Å². The summed E-state index contributed by atoms with van der Waals surface area (Å²) in [6, 6.07) is 10.5. The molecule has 1 heterocycles. The fourth-order valence-corrected chi connectivity index (χ4v) is 3.86. The van der Waals surface area contributed by atoms with Gasteiger partial charge in [0.05, 0.1) is 29.7 Å². The molecule has 0 unspecified atom stereocenters. The number of benzene rings is 2. The highest BCUT2D eigenvalue weighted by Crippen LogP contribution is 2.37. The van der Waals surface area contributed by atoms with E-state index >= 15 is 0 Å². The van der Waals surface area contributed by atoms with Crippen molar-refractivity contribution in [1.29, 1.82) is 0 Å². The number of thioether (sulfide) groups is 1. The van der Waals surface area contributed by atoms with E-state index in [1.165, 1.54) is 6.07 Å². The molecular formula is C20H18ClF3N4O2S. The minimum Gasteiger partial charge on any atom is -0.496 e. The van der Waals surface area contributed by atoms with Gasteiger partial charge in [0, 0.05) is 11.6 Å². The first kappa shape index (κ1) is 23.0. The molecule has 3 rings (SSSR count). The molecule has 164 valence electrons. The van der Waals surface area contributed by atoms with Crippen molar-refractivity contribution >= 4 is 35.0 Å². The van der Waals surface area contributed by atoms with Gasteiger partial charge in [-0.15, -0.1) is 10.2 Å². The number of anilines is 1. The van der Waals surface area contributed by atoms with Crippen LogP contribution in [0.3, 0.4) is 0 Å². The van der Waals surface area contributed by atoms with E-state index in [0.717, 1.165) is 29.5 Å². The summed E-state index contributed by atoms with van der Waals surface area (Å²) in [4.78, 5) is 12.3. The average molecular weight is 471 g/mol. The monoisotopic (exact) mass is 470 g/mol. The second kappa shape index (κ2) is 9.61. The van der Waals surface area contributed by atoms with Gasteiger partial charge < -0.3 is 14.6 Å². The predicted molar refractivity (Wildman–Crippen MR) is 113 cm³/mol. The Bertz CT molecular complexity index is 1090. The second-order valence-corrected chi connectivity index (χ2v) is 7.65. The molecule has 0 fully saturated rings. The molecule has 1 N–H and O–H groups in total. The number of aromatic nitrogens is 3. The number of para-hydroxylation sites is 1. The molecule has 0 aliphatic carbocycles. The van der Waals surface area contributed by atoms with E-state index in [-0.39, 0.29) is 16.5 Å².